The summed E-state index contributed by atoms with van der Waals surface area (Å²) in [5, 5.41) is 41.4. The Labute approximate surface area is 366 Å². The molecule has 64 heavy (non-hydrogen) atoms. The third-order valence-electron chi connectivity index (χ3n) is 11.3. The minimum atomic E-state index is -0.389. The van der Waals surface area contributed by atoms with Crippen LogP contribution in [-0.4, -0.2) is 19.5 Å². The van der Waals surface area contributed by atoms with Crippen molar-refractivity contribution >= 4 is 21.8 Å². The van der Waals surface area contributed by atoms with Crippen molar-refractivity contribution < 1.29 is 4.39 Å². The monoisotopic (exact) mass is 820 g/mol. The molecule has 0 spiro atoms. The molecule has 0 saturated heterocycles. The van der Waals surface area contributed by atoms with Crippen LogP contribution in [0.5, 0.6) is 0 Å². The SMILES string of the molecule is N#Cc1ccc(-c2ccc3c4ccc(-c5ccc(C#N)cc5C#N)cc4n(-c4ccc(-c5cccc(F)c5)c(-c5nc(-c6ccccc6)nc(-c6ccccc6)n5)c4)c3c2)c(C#N)c1. The molecule has 2 aromatic heterocycles. The van der Waals surface area contributed by atoms with E-state index >= 15 is 4.39 Å². The second kappa shape index (κ2) is 16.1. The molecule has 9 heteroatoms. The Bertz CT molecular complexity index is 3490. The van der Waals surface area contributed by atoms with Crippen molar-refractivity contribution in [2.45, 2.75) is 0 Å². The first kappa shape index (κ1) is 38.6. The predicted octanol–water partition coefficient (Wildman–Crippen LogP) is 12.6. The largest absolute Gasteiger partial charge is 0.309 e. The standard InChI is InChI=1S/C55H29FN8/c56-43-13-7-12-38(26-43)47-23-18-44(29-50(47)55-62-53(36-8-3-1-4-9-36)61-54(63-55)37-10-5-2-6-11-37)64-51-27-39(45-19-14-34(30-57)24-41(45)32-59)16-21-48(51)49-22-17-40(28-52(49)64)46-20-15-35(31-58)25-42(46)33-60/h1-29H. The molecule has 2 heterocycles. The molecule has 296 valence electrons. The summed E-state index contributed by atoms with van der Waals surface area (Å²) in [6.07, 6.45) is 0. The number of rotatable bonds is 7. The number of hydrogen-bond donors (Lipinski definition) is 0. The van der Waals surface area contributed by atoms with Crippen LogP contribution in [0.15, 0.2) is 176 Å². The van der Waals surface area contributed by atoms with Gasteiger partial charge in [0, 0.05) is 33.2 Å². The van der Waals surface area contributed by atoms with Gasteiger partial charge in [0.15, 0.2) is 17.5 Å². The minimum absolute atomic E-state index is 0.369. The molecule has 0 atom stereocenters. The van der Waals surface area contributed by atoms with Crippen LogP contribution >= 0.6 is 0 Å². The van der Waals surface area contributed by atoms with E-state index < -0.39 is 0 Å². The summed E-state index contributed by atoms with van der Waals surface area (Å²) in [6.45, 7) is 0. The highest BCUT2D eigenvalue weighted by Crippen LogP contribution is 2.41. The summed E-state index contributed by atoms with van der Waals surface area (Å²) >= 11 is 0. The topological polar surface area (TPSA) is 139 Å². The fourth-order valence-corrected chi connectivity index (χ4v) is 8.24. The van der Waals surface area contributed by atoms with Crippen LogP contribution in [0, 0.1) is 51.1 Å². The van der Waals surface area contributed by atoms with Crippen LogP contribution < -0.4 is 0 Å². The molecule has 0 unspecified atom stereocenters. The van der Waals surface area contributed by atoms with Crippen LogP contribution in [-0.2, 0) is 0 Å². The van der Waals surface area contributed by atoms with Gasteiger partial charge >= 0.3 is 0 Å². The van der Waals surface area contributed by atoms with Gasteiger partial charge in [-0.2, -0.15) is 21.0 Å². The molecule has 8 aromatic carbocycles. The third-order valence-corrected chi connectivity index (χ3v) is 11.3. The van der Waals surface area contributed by atoms with Gasteiger partial charge in [0.2, 0.25) is 0 Å². The molecular formula is C55H29FN8. The van der Waals surface area contributed by atoms with E-state index in [1.807, 2.05) is 121 Å². The van der Waals surface area contributed by atoms with Crippen molar-refractivity contribution in [2.75, 3.05) is 0 Å². The van der Waals surface area contributed by atoms with Crippen LogP contribution in [0.4, 0.5) is 4.39 Å². The maximum absolute atomic E-state index is 15.0. The van der Waals surface area contributed by atoms with E-state index in [0.29, 0.717) is 67.5 Å². The Morgan fingerprint density at radius 1 is 0.375 bits per heavy atom. The van der Waals surface area contributed by atoms with E-state index in [2.05, 4.69) is 28.8 Å². The number of halogens is 1. The maximum Gasteiger partial charge on any atom is 0.164 e. The molecule has 0 radical (unpaired) electrons. The first-order valence-electron chi connectivity index (χ1n) is 20.2. The fraction of sp³-hybridized carbons (Fsp3) is 0. The van der Waals surface area contributed by atoms with Crippen molar-refractivity contribution in [3.63, 3.8) is 0 Å². The van der Waals surface area contributed by atoms with E-state index in [0.717, 1.165) is 49.7 Å². The first-order valence-corrected chi connectivity index (χ1v) is 20.2. The number of hydrogen-bond acceptors (Lipinski definition) is 7. The van der Waals surface area contributed by atoms with Crippen LogP contribution in [0.1, 0.15) is 22.3 Å². The lowest BCUT2D eigenvalue weighted by Gasteiger charge is -2.16. The van der Waals surface area contributed by atoms with Gasteiger partial charge in [-0.05, 0) is 94.0 Å². The zero-order valence-corrected chi connectivity index (χ0v) is 33.7. The van der Waals surface area contributed by atoms with Crippen molar-refractivity contribution in [1.82, 2.24) is 19.5 Å². The molecule has 0 bridgehead atoms. The zero-order valence-electron chi connectivity index (χ0n) is 33.7. The Kier molecular flexibility index (Phi) is 9.75. The minimum Gasteiger partial charge on any atom is -0.309 e. The highest BCUT2D eigenvalue weighted by Gasteiger charge is 2.21. The summed E-state index contributed by atoms with van der Waals surface area (Å²) in [5.41, 5.74) is 10.3. The molecule has 0 fully saturated rings. The molecule has 10 rings (SSSR count). The molecule has 0 aliphatic carbocycles. The smallest absolute Gasteiger partial charge is 0.164 e. The van der Waals surface area contributed by atoms with Gasteiger partial charge in [0.1, 0.15) is 5.82 Å². The molecule has 0 aliphatic rings. The highest BCUT2D eigenvalue weighted by atomic mass is 19.1. The van der Waals surface area contributed by atoms with Gasteiger partial charge in [-0.3, -0.25) is 0 Å². The van der Waals surface area contributed by atoms with Gasteiger partial charge in [0.25, 0.3) is 0 Å². The van der Waals surface area contributed by atoms with Crippen molar-refractivity contribution in [1.29, 1.82) is 21.0 Å². The normalized spacial score (nSPS) is 10.8. The second-order valence-electron chi connectivity index (χ2n) is 15.0. The molecular weight excluding hydrogens is 792 g/mol. The lowest BCUT2D eigenvalue weighted by molar-refractivity contribution is 0.628. The second-order valence-corrected chi connectivity index (χ2v) is 15.0. The van der Waals surface area contributed by atoms with Gasteiger partial charge in [0.05, 0.1) is 57.6 Å². The fourth-order valence-electron chi connectivity index (χ4n) is 8.24. The Morgan fingerprint density at radius 2 is 0.859 bits per heavy atom. The third kappa shape index (κ3) is 6.94. The predicted molar refractivity (Wildman–Crippen MR) is 246 cm³/mol. The van der Waals surface area contributed by atoms with Crippen molar-refractivity contribution in [3.8, 4) is 97.5 Å². The van der Waals surface area contributed by atoms with Crippen LogP contribution in [0.2, 0.25) is 0 Å². The van der Waals surface area contributed by atoms with Crippen LogP contribution in [0.3, 0.4) is 0 Å². The molecule has 0 saturated carbocycles. The van der Waals surface area contributed by atoms with Gasteiger partial charge in [-0.25, -0.2) is 19.3 Å². The Balaban J connectivity index is 1.28. The number of aromatic nitrogens is 4. The average molecular weight is 821 g/mol. The van der Waals surface area contributed by atoms with Gasteiger partial charge in [-0.15, -0.1) is 0 Å². The Hall–Kier alpha value is -9.54. The Morgan fingerprint density at radius 3 is 1.36 bits per heavy atom. The molecule has 8 nitrogen and oxygen atoms in total. The average Bonchev–Trinajstić information content (AvgIpc) is 3.69. The zero-order chi connectivity index (χ0) is 43.7. The molecule has 0 N–H and O–H groups in total. The van der Waals surface area contributed by atoms with Crippen molar-refractivity contribution in [2.24, 2.45) is 0 Å². The number of benzene rings is 8. The van der Waals surface area contributed by atoms with E-state index in [4.69, 9.17) is 15.0 Å². The van der Waals surface area contributed by atoms with E-state index in [-0.39, 0.29) is 5.82 Å². The number of nitrogens with zero attached hydrogens (tertiary/aromatic N) is 8. The quantitative estimate of drug-likeness (QED) is 0.156. The van der Waals surface area contributed by atoms with Gasteiger partial charge in [-0.1, -0.05) is 115 Å². The molecule has 0 amide bonds. The van der Waals surface area contributed by atoms with E-state index in [1.165, 1.54) is 12.1 Å². The van der Waals surface area contributed by atoms with E-state index in [9.17, 15) is 21.0 Å². The molecule has 10 aromatic rings. The summed E-state index contributed by atoms with van der Waals surface area (Å²) in [7, 11) is 0. The number of nitriles is 4. The summed E-state index contributed by atoms with van der Waals surface area (Å²) in [6, 6.07) is 62.7. The van der Waals surface area contributed by atoms with E-state index in [1.54, 1.807) is 42.5 Å². The summed E-state index contributed by atoms with van der Waals surface area (Å²) in [5.74, 6) is 0.929. The lowest BCUT2D eigenvalue weighted by Crippen LogP contribution is -2.02. The number of fused-ring (bicyclic) bond motifs is 3. The van der Waals surface area contributed by atoms with Crippen LogP contribution in [0.25, 0.3) is 95.0 Å². The highest BCUT2D eigenvalue weighted by molar-refractivity contribution is 6.11. The summed E-state index contributed by atoms with van der Waals surface area (Å²) in [4.78, 5) is 15.1. The van der Waals surface area contributed by atoms with Gasteiger partial charge < -0.3 is 4.57 Å². The maximum atomic E-state index is 15.0. The first-order chi connectivity index (χ1) is 31.4. The lowest BCUT2D eigenvalue weighted by atomic mass is 9.96. The molecule has 0 aliphatic heterocycles. The van der Waals surface area contributed by atoms with Crippen molar-refractivity contribution in [3.05, 3.63) is 204 Å². The summed E-state index contributed by atoms with van der Waals surface area (Å²) < 4.78 is 17.2.